The Hall–Kier alpha value is -2.95. The fraction of sp³-hybridized carbons (Fsp3) is 0.348. The minimum Gasteiger partial charge on any atom is -0.497 e. The van der Waals surface area contributed by atoms with Crippen molar-refractivity contribution >= 4 is 18.2 Å². The molecule has 0 atom stereocenters. The Balaban J connectivity index is 2.08. The summed E-state index contributed by atoms with van der Waals surface area (Å²) >= 11 is 0. The first-order valence-electron chi connectivity index (χ1n) is 9.35. The van der Waals surface area contributed by atoms with Crippen molar-refractivity contribution in [1.29, 1.82) is 0 Å². The summed E-state index contributed by atoms with van der Waals surface area (Å²) in [7, 11) is 3.25. The molecule has 0 spiro atoms. The summed E-state index contributed by atoms with van der Waals surface area (Å²) < 4.78 is 16.1. The molecular formula is C23H29NO4. The lowest BCUT2D eigenvalue weighted by Crippen LogP contribution is -2.43. The van der Waals surface area contributed by atoms with Gasteiger partial charge in [0.2, 0.25) is 0 Å². The van der Waals surface area contributed by atoms with Crippen LogP contribution in [0.5, 0.6) is 17.2 Å². The molecule has 0 saturated carbocycles. The summed E-state index contributed by atoms with van der Waals surface area (Å²) in [6.45, 7) is 7.90. The molecule has 0 aromatic heterocycles. The first-order valence-corrected chi connectivity index (χ1v) is 9.35. The number of amides is 1. The van der Waals surface area contributed by atoms with Crippen LogP contribution in [0.25, 0.3) is 12.2 Å². The molecule has 0 aliphatic rings. The second-order valence-electron chi connectivity index (χ2n) is 7.01. The van der Waals surface area contributed by atoms with Gasteiger partial charge >= 0.3 is 6.09 Å². The van der Waals surface area contributed by atoms with Crippen LogP contribution >= 0.6 is 0 Å². The van der Waals surface area contributed by atoms with Crippen molar-refractivity contribution in [2.45, 2.75) is 39.8 Å². The van der Waals surface area contributed by atoms with Crippen molar-refractivity contribution in [3.8, 4) is 17.2 Å². The fourth-order valence-electron chi connectivity index (χ4n) is 2.94. The molecular weight excluding hydrogens is 354 g/mol. The predicted molar refractivity (Wildman–Crippen MR) is 113 cm³/mol. The largest absolute Gasteiger partial charge is 0.497 e. The highest BCUT2D eigenvalue weighted by Gasteiger charge is 2.21. The maximum atomic E-state index is 12.4. The van der Waals surface area contributed by atoms with E-state index in [1.54, 1.807) is 31.3 Å². The topological polar surface area (TPSA) is 48.0 Å². The molecule has 0 bridgehead atoms. The summed E-state index contributed by atoms with van der Waals surface area (Å²) in [5, 5.41) is 0. The number of hydrogen-bond donors (Lipinski definition) is 0. The Labute approximate surface area is 167 Å². The summed E-state index contributed by atoms with van der Waals surface area (Å²) in [5.41, 5.74) is 1.96. The summed E-state index contributed by atoms with van der Waals surface area (Å²) in [6.07, 6.45) is 3.62. The summed E-state index contributed by atoms with van der Waals surface area (Å²) in [4.78, 5) is 14.1. The van der Waals surface area contributed by atoms with E-state index in [2.05, 4.69) is 0 Å². The van der Waals surface area contributed by atoms with Gasteiger partial charge in [0.15, 0.2) is 0 Å². The molecule has 150 valence electrons. The van der Waals surface area contributed by atoms with Crippen LogP contribution in [0.3, 0.4) is 0 Å². The van der Waals surface area contributed by atoms with Gasteiger partial charge in [-0.15, -0.1) is 0 Å². The van der Waals surface area contributed by atoms with Crippen LogP contribution in [0.4, 0.5) is 4.79 Å². The lowest BCUT2D eigenvalue weighted by atomic mass is 10.1. The van der Waals surface area contributed by atoms with Gasteiger partial charge < -0.3 is 19.1 Å². The molecule has 0 heterocycles. The number of carbonyl (C=O) groups excluding carboxylic acids is 1. The van der Waals surface area contributed by atoms with Crippen LogP contribution in [0.1, 0.15) is 38.8 Å². The van der Waals surface area contributed by atoms with Gasteiger partial charge in [0.25, 0.3) is 0 Å². The number of benzene rings is 2. The van der Waals surface area contributed by atoms with Gasteiger partial charge in [-0.2, -0.15) is 0 Å². The number of ether oxygens (including phenoxy) is 3. The van der Waals surface area contributed by atoms with E-state index in [1.807, 2.05) is 70.2 Å². The molecule has 2 aromatic rings. The minimum atomic E-state index is -0.336. The van der Waals surface area contributed by atoms with Gasteiger partial charge in [-0.1, -0.05) is 24.3 Å². The molecule has 0 N–H and O–H groups in total. The number of hydrogen-bond acceptors (Lipinski definition) is 4. The van der Waals surface area contributed by atoms with Crippen molar-refractivity contribution in [2.75, 3.05) is 14.2 Å². The fourth-order valence-corrected chi connectivity index (χ4v) is 2.94. The molecule has 1 amide bonds. The molecule has 2 aromatic carbocycles. The van der Waals surface area contributed by atoms with Crippen LogP contribution in [0.2, 0.25) is 0 Å². The molecule has 0 unspecified atom stereocenters. The zero-order valence-electron chi connectivity index (χ0n) is 17.4. The Morgan fingerprint density at radius 2 is 1.29 bits per heavy atom. The minimum absolute atomic E-state index is 0.0783. The van der Waals surface area contributed by atoms with E-state index in [0.29, 0.717) is 5.75 Å². The van der Waals surface area contributed by atoms with Crippen LogP contribution < -0.4 is 14.2 Å². The highest BCUT2D eigenvalue weighted by Crippen LogP contribution is 2.24. The number of rotatable bonds is 7. The van der Waals surface area contributed by atoms with Crippen LogP contribution in [0, 0.1) is 0 Å². The average Bonchev–Trinajstić information content (AvgIpc) is 2.66. The lowest BCUT2D eigenvalue weighted by Gasteiger charge is -2.29. The standard InChI is InChI=1S/C23H29NO4/c1-16(2)24(17(3)4)23(25)28-20-11-9-18(10-12-20)7-8-19-13-21(26-5)15-22(14-19)27-6/h7-17H,1-6H3. The molecule has 2 rings (SSSR count). The molecule has 5 nitrogen and oxygen atoms in total. The second kappa shape index (κ2) is 9.83. The van der Waals surface area contributed by atoms with Crippen LogP contribution in [-0.2, 0) is 0 Å². The van der Waals surface area contributed by atoms with Gasteiger partial charge in [-0.25, -0.2) is 4.79 Å². The molecule has 28 heavy (non-hydrogen) atoms. The third kappa shape index (κ3) is 5.78. The third-order valence-electron chi connectivity index (χ3n) is 4.25. The Morgan fingerprint density at radius 3 is 1.75 bits per heavy atom. The zero-order valence-corrected chi connectivity index (χ0v) is 17.4. The third-order valence-corrected chi connectivity index (χ3v) is 4.25. The van der Waals surface area contributed by atoms with E-state index in [1.165, 1.54) is 0 Å². The van der Waals surface area contributed by atoms with Crippen LogP contribution in [0.15, 0.2) is 42.5 Å². The van der Waals surface area contributed by atoms with E-state index in [0.717, 1.165) is 22.6 Å². The van der Waals surface area contributed by atoms with Crippen molar-refractivity contribution in [1.82, 2.24) is 4.90 Å². The molecule has 0 fully saturated rings. The van der Waals surface area contributed by atoms with Crippen molar-refractivity contribution in [2.24, 2.45) is 0 Å². The van der Waals surface area contributed by atoms with Crippen molar-refractivity contribution in [3.05, 3.63) is 53.6 Å². The second-order valence-corrected chi connectivity index (χ2v) is 7.01. The molecule has 0 aliphatic carbocycles. The maximum Gasteiger partial charge on any atom is 0.415 e. The first kappa shape index (κ1) is 21.4. The quantitative estimate of drug-likeness (QED) is 0.593. The highest BCUT2D eigenvalue weighted by molar-refractivity contribution is 5.73. The van der Waals surface area contributed by atoms with E-state index < -0.39 is 0 Å². The molecule has 0 saturated heterocycles. The monoisotopic (exact) mass is 383 g/mol. The molecule has 0 aliphatic heterocycles. The zero-order chi connectivity index (χ0) is 20.7. The van der Waals surface area contributed by atoms with Gasteiger partial charge in [0, 0.05) is 18.2 Å². The van der Waals surface area contributed by atoms with Gasteiger partial charge in [0.1, 0.15) is 17.2 Å². The van der Waals surface area contributed by atoms with E-state index in [-0.39, 0.29) is 18.2 Å². The Kier molecular flexibility index (Phi) is 7.50. The van der Waals surface area contributed by atoms with E-state index in [4.69, 9.17) is 14.2 Å². The highest BCUT2D eigenvalue weighted by atomic mass is 16.6. The summed E-state index contributed by atoms with van der Waals surface area (Å²) in [6, 6.07) is 13.3. The van der Waals surface area contributed by atoms with Gasteiger partial charge in [-0.05, 0) is 63.1 Å². The maximum absolute atomic E-state index is 12.4. The van der Waals surface area contributed by atoms with Gasteiger partial charge in [-0.3, -0.25) is 0 Å². The number of nitrogens with zero attached hydrogens (tertiary/aromatic N) is 1. The SMILES string of the molecule is COc1cc(C=Cc2ccc(OC(=O)N(C(C)C)C(C)C)cc2)cc(OC)c1. The lowest BCUT2D eigenvalue weighted by molar-refractivity contribution is 0.122. The first-order chi connectivity index (χ1) is 13.3. The Bertz CT molecular complexity index is 780. The normalized spacial score (nSPS) is 11.1. The molecule has 5 heteroatoms. The predicted octanol–water partition coefficient (Wildman–Crippen LogP) is 5.49. The summed E-state index contributed by atoms with van der Waals surface area (Å²) in [5.74, 6) is 2.00. The average molecular weight is 383 g/mol. The van der Waals surface area contributed by atoms with Crippen LogP contribution in [-0.4, -0.2) is 37.3 Å². The van der Waals surface area contributed by atoms with E-state index in [9.17, 15) is 4.79 Å². The molecule has 0 radical (unpaired) electrons. The van der Waals surface area contributed by atoms with Gasteiger partial charge in [0.05, 0.1) is 14.2 Å². The Morgan fingerprint density at radius 1 is 0.786 bits per heavy atom. The number of carbonyl (C=O) groups is 1. The van der Waals surface area contributed by atoms with Crippen molar-refractivity contribution in [3.63, 3.8) is 0 Å². The number of methoxy groups -OCH3 is 2. The smallest absolute Gasteiger partial charge is 0.415 e. The van der Waals surface area contributed by atoms with Crippen molar-refractivity contribution < 1.29 is 19.0 Å². The van der Waals surface area contributed by atoms with E-state index >= 15 is 0 Å².